The number of benzene rings is 1. The van der Waals surface area contributed by atoms with Crippen molar-refractivity contribution >= 4 is 22.7 Å². The lowest BCUT2D eigenvalue weighted by Crippen LogP contribution is -2.33. The summed E-state index contributed by atoms with van der Waals surface area (Å²) in [5.41, 5.74) is 1.73. The van der Waals surface area contributed by atoms with Crippen molar-refractivity contribution in [3.8, 4) is 0 Å². The molecule has 0 aliphatic carbocycles. The van der Waals surface area contributed by atoms with Crippen LogP contribution in [0.1, 0.15) is 25.3 Å². The predicted molar refractivity (Wildman–Crippen MR) is 86.4 cm³/mol. The van der Waals surface area contributed by atoms with Crippen molar-refractivity contribution in [1.82, 2.24) is 10.3 Å². The normalized spacial score (nSPS) is 22.4. The molecule has 106 valence electrons. The maximum absolute atomic E-state index is 12.0. The first kappa shape index (κ1) is 13.7. The number of fused-ring (bicyclic) bond motifs is 1. The van der Waals surface area contributed by atoms with Crippen molar-refractivity contribution < 1.29 is 0 Å². The highest BCUT2D eigenvalue weighted by molar-refractivity contribution is 8.00. The fourth-order valence-electron chi connectivity index (χ4n) is 2.76. The zero-order valence-corrected chi connectivity index (χ0v) is 12.6. The van der Waals surface area contributed by atoms with E-state index in [1.54, 1.807) is 0 Å². The summed E-state index contributed by atoms with van der Waals surface area (Å²) >= 11 is 2.04. The van der Waals surface area contributed by atoms with Crippen LogP contribution in [0.25, 0.3) is 10.9 Å². The lowest BCUT2D eigenvalue weighted by molar-refractivity contribution is 0.536. The molecule has 1 aliphatic rings. The minimum Gasteiger partial charge on any atom is -0.322 e. The van der Waals surface area contributed by atoms with Crippen molar-refractivity contribution in [2.24, 2.45) is 0 Å². The van der Waals surface area contributed by atoms with Crippen LogP contribution in [0.2, 0.25) is 0 Å². The minimum absolute atomic E-state index is 0.0143. The van der Waals surface area contributed by atoms with E-state index < -0.39 is 0 Å². The first-order chi connectivity index (χ1) is 9.66. The van der Waals surface area contributed by atoms with Gasteiger partial charge in [-0.15, -0.1) is 0 Å². The van der Waals surface area contributed by atoms with Crippen molar-refractivity contribution in [1.29, 1.82) is 0 Å². The van der Waals surface area contributed by atoms with Crippen LogP contribution in [0.3, 0.4) is 0 Å². The summed E-state index contributed by atoms with van der Waals surface area (Å²) in [5, 5.41) is 4.54. The number of hydrogen-bond donors (Lipinski definition) is 2. The third-order valence-electron chi connectivity index (χ3n) is 3.95. The van der Waals surface area contributed by atoms with E-state index in [1.165, 1.54) is 18.6 Å². The Morgan fingerprint density at radius 3 is 3.05 bits per heavy atom. The highest BCUT2D eigenvalue weighted by atomic mass is 32.2. The van der Waals surface area contributed by atoms with Crippen LogP contribution >= 0.6 is 11.8 Å². The number of aromatic nitrogens is 1. The maximum atomic E-state index is 12.0. The van der Waals surface area contributed by atoms with Gasteiger partial charge in [0.1, 0.15) is 0 Å². The van der Waals surface area contributed by atoms with Crippen LogP contribution in [-0.2, 0) is 6.54 Å². The molecule has 1 saturated heterocycles. The Hall–Kier alpha value is -1.26. The Morgan fingerprint density at radius 2 is 2.25 bits per heavy atom. The van der Waals surface area contributed by atoms with E-state index in [0.29, 0.717) is 11.3 Å². The number of para-hydroxylation sites is 1. The summed E-state index contributed by atoms with van der Waals surface area (Å²) < 4.78 is 0.337. The van der Waals surface area contributed by atoms with Gasteiger partial charge in [-0.1, -0.05) is 18.2 Å². The largest absolute Gasteiger partial charge is 0.322 e. The SMILES string of the molecule is CC1(CNCc2cc3ccccc3[nH]c2=O)CCCS1. The van der Waals surface area contributed by atoms with Crippen LogP contribution in [0.15, 0.2) is 35.1 Å². The molecule has 1 fully saturated rings. The average molecular weight is 288 g/mol. The van der Waals surface area contributed by atoms with Crippen LogP contribution in [0.5, 0.6) is 0 Å². The molecule has 1 aromatic heterocycles. The van der Waals surface area contributed by atoms with Crippen molar-refractivity contribution in [3.05, 3.63) is 46.2 Å². The molecular weight excluding hydrogens is 268 g/mol. The Labute approximate surface area is 123 Å². The Balaban J connectivity index is 1.71. The number of thioether (sulfide) groups is 1. The smallest absolute Gasteiger partial charge is 0.252 e. The van der Waals surface area contributed by atoms with Crippen LogP contribution < -0.4 is 10.9 Å². The number of hydrogen-bond acceptors (Lipinski definition) is 3. The lowest BCUT2D eigenvalue weighted by Gasteiger charge is -2.22. The molecule has 4 heteroatoms. The molecule has 0 amide bonds. The molecule has 20 heavy (non-hydrogen) atoms. The summed E-state index contributed by atoms with van der Waals surface area (Å²) in [7, 11) is 0. The van der Waals surface area contributed by atoms with Crippen LogP contribution in [0.4, 0.5) is 0 Å². The fraction of sp³-hybridized carbons (Fsp3) is 0.438. The van der Waals surface area contributed by atoms with E-state index in [2.05, 4.69) is 17.2 Å². The zero-order valence-electron chi connectivity index (χ0n) is 11.7. The van der Waals surface area contributed by atoms with Crippen molar-refractivity contribution in [3.63, 3.8) is 0 Å². The molecule has 1 unspecified atom stereocenters. The van der Waals surface area contributed by atoms with E-state index in [9.17, 15) is 4.79 Å². The van der Waals surface area contributed by atoms with E-state index in [4.69, 9.17) is 0 Å². The van der Waals surface area contributed by atoms with Gasteiger partial charge < -0.3 is 10.3 Å². The number of H-pyrrole nitrogens is 1. The van der Waals surface area contributed by atoms with Crippen molar-refractivity contribution in [2.75, 3.05) is 12.3 Å². The first-order valence-electron chi connectivity index (χ1n) is 7.12. The molecule has 0 bridgehead atoms. The third kappa shape index (κ3) is 2.91. The van der Waals surface area contributed by atoms with Gasteiger partial charge in [0.2, 0.25) is 0 Å². The monoisotopic (exact) mass is 288 g/mol. The van der Waals surface area contributed by atoms with Gasteiger partial charge in [-0.05, 0) is 43.0 Å². The molecule has 2 heterocycles. The lowest BCUT2D eigenvalue weighted by atomic mass is 10.1. The Morgan fingerprint density at radius 1 is 1.40 bits per heavy atom. The van der Waals surface area contributed by atoms with Crippen LogP contribution in [0, 0.1) is 0 Å². The van der Waals surface area contributed by atoms with Gasteiger partial charge >= 0.3 is 0 Å². The second kappa shape index (κ2) is 5.62. The molecule has 0 saturated carbocycles. The second-order valence-electron chi connectivity index (χ2n) is 5.72. The summed E-state index contributed by atoms with van der Waals surface area (Å²) in [6.07, 6.45) is 2.57. The molecule has 3 rings (SSSR count). The standard InChI is InChI=1S/C16H20N2OS/c1-16(7-4-8-20-16)11-17-10-13-9-12-5-2-3-6-14(12)18-15(13)19/h2-3,5-6,9,17H,4,7-8,10-11H2,1H3,(H,18,19). The molecule has 3 nitrogen and oxygen atoms in total. The predicted octanol–water partition coefficient (Wildman–Crippen LogP) is 2.90. The Kier molecular flexibility index (Phi) is 3.85. The van der Waals surface area contributed by atoms with Gasteiger partial charge in [-0.3, -0.25) is 4.79 Å². The van der Waals surface area contributed by atoms with E-state index in [1.807, 2.05) is 42.1 Å². The molecule has 1 aromatic carbocycles. The van der Waals surface area contributed by atoms with E-state index in [0.717, 1.165) is 23.0 Å². The van der Waals surface area contributed by atoms with Gasteiger partial charge in [0.05, 0.1) is 0 Å². The summed E-state index contributed by atoms with van der Waals surface area (Å²) in [4.78, 5) is 15.0. The molecule has 2 aromatic rings. The molecule has 0 spiro atoms. The number of nitrogens with one attached hydrogen (secondary N) is 2. The second-order valence-corrected chi connectivity index (χ2v) is 7.40. The molecule has 2 N–H and O–H groups in total. The first-order valence-corrected chi connectivity index (χ1v) is 8.10. The molecule has 1 atom stereocenters. The molecule has 1 aliphatic heterocycles. The highest BCUT2D eigenvalue weighted by Crippen LogP contribution is 2.36. The quantitative estimate of drug-likeness (QED) is 0.909. The molecular formula is C16H20N2OS. The topological polar surface area (TPSA) is 44.9 Å². The fourth-order valence-corrected chi connectivity index (χ4v) is 4.04. The van der Waals surface area contributed by atoms with Crippen LogP contribution in [-0.4, -0.2) is 22.0 Å². The summed E-state index contributed by atoms with van der Waals surface area (Å²) in [6, 6.07) is 9.89. The summed E-state index contributed by atoms with van der Waals surface area (Å²) in [6.45, 7) is 3.91. The van der Waals surface area contributed by atoms with Crippen molar-refractivity contribution in [2.45, 2.75) is 31.1 Å². The molecule has 0 radical (unpaired) electrons. The van der Waals surface area contributed by atoms with Gasteiger partial charge in [0.15, 0.2) is 0 Å². The summed E-state index contributed by atoms with van der Waals surface area (Å²) in [5.74, 6) is 1.26. The number of rotatable bonds is 4. The van der Waals surface area contributed by atoms with E-state index >= 15 is 0 Å². The number of pyridine rings is 1. The minimum atomic E-state index is 0.0143. The van der Waals surface area contributed by atoms with Gasteiger partial charge in [0, 0.05) is 28.9 Å². The van der Waals surface area contributed by atoms with Gasteiger partial charge in [-0.2, -0.15) is 11.8 Å². The third-order valence-corrected chi connectivity index (χ3v) is 5.48. The van der Waals surface area contributed by atoms with Gasteiger partial charge in [0.25, 0.3) is 5.56 Å². The Bertz CT molecular complexity index is 659. The average Bonchev–Trinajstić information content (AvgIpc) is 2.86. The van der Waals surface area contributed by atoms with Gasteiger partial charge in [-0.25, -0.2) is 0 Å². The number of aromatic amines is 1. The zero-order chi connectivity index (χ0) is 14.0. The highest BCUT2D eigenvalue weighted by Gasteiger charge is 2.28. The van der Waals surface area contributed by atoms with E-state index in [-0.39, 0.29) is 5.56 Å². The maximum Gasteiger partial charge on any atom is 0.252 e.